The Labute approximate surface area is 286 Å². The topological polar surface area (TPSA) is 111 Å². The molecule has 4 saturated heterocycles. The van der Waals surface area contributed by atoms with Crippen molar-refractivity contribution in [1.82, 2.24) is 0 Å². The third-order valence-corrected chi connectivity index (χ3v) is 8.23. The van der Waals surface area contributed by atoms with Gasteiger partial charge in [0, 0.05) is 0 Å². The Bertz CT molecular complexity index is 1300. The van der Waals surface area contributed by atoms with Crippen LogP contribution in [0.4, 0.5) is 0 Å². The van der Waals surface area contributed by atoms with Gasteiger partial charge in [-0.3, -0.25) is 0 Å². The maximum Gasteiger partial charge on any atom is 0.467 e. The molecule has 24 heteroatoms. The van der Waals surface area contributed by atoms with Crippen molar-refractivity contribution in [3.8, 4) is 0 Å². The predicted octanol–water partition coefficient (Wildman–Crippen LogP) is -1.78. The molecule has 0 atom stereocenters. The van der Waals surface area contributed by atoms with Crippen LogP contribution in [-0.2, 0) is 54.9 Å². The van der Waals surface area contributed by atoms with E-state index in [1.807, 2.05) is 114 Å². The van der Waals surface area contributed by atoms with Crippen LogP contribution in [0.5, 0.6) is 0 Å². The van der Waals surface area contributed by atoms with Gasteiger partial charge in [-0.2, -0.15) is 0 Å². The molecule has 48 heavy (non-hydrogen) atoms. The van der Waals surface area contributed by atoms with Gasteiger partial charge in [-0.1, -0.05) is 72.8 Å². The summed E-state index contributed by atoms with van der Waals surface area (Å²) < 4.78 is 70.9. The van der Waals surface area contributed by atoms with Gasteiger partial charge in [0.25, 0.3) is 0 Å². The first kappa shape index (κ1) is 34.4. The van der Waals surface area contributed by atoms with Crippen molar-refractivity contribution < 1.29 is 54.9 Å². The molecule has 0 aromatic heterocycles. The molecule has 4 heterocycles. The molecule has 0 bridgehead atoms. The van der Waals surface area contributed by atoms with Gasteiger partial charge in [-0.25, -0.2) is 0 Å². The maximum atomic E-state index is 6.43. The first-order chi connectivity index (χ1) is 23.2. The molecule has 0 aliphatic carbocycles. The Balaban J connectivity index is 1.12. The molecule has 3 aromatic rings. The number of hydrogen-bond acceptors (Lipinski definition) is 12. The van der Waals surface area contributed by atoms with Crippen molar-refractivity contribution in [2.24, 2.45) is 0 Å². The van der Waals surface area contributed by atoms with Crippen LogP contribution in [0.15, 0.2) is 72.8 Å². The fourth-order valence-electron chi connectivity index (χ4n) is 5.95. The van der Waals surface area contributed by atoms with Gasteiger partial charge in [0.15, 0.2) is 0 Å². The maximum absolute atomic E-state index is 6.43. The molecule has 234 valence electrons. The van der Waals surface area contributed by atoms with E-state index in [2.05, 4.69) is 0 Å². The van der Waals surface area contributed by atoms with Crippen molar-refractivity contribution in [3.05, 3.63) is 72.8 Å². The van der Waals surface area contributed by atoms with Crippen LogP contribution < -0.4 is 32.8 Å². The van der Waals surface area contributed by atoms with Crippen molar-refractivity contribution in [2.45, 2.75) is 40.9 Å². The molecule has 0 amide bonds. The lowest BCUT2D eigenvalue weighted by Gasteiger charge is -2.32. The quantitative estimate of drug-likeness (QED) is 0.285. The SMILES string of the molecule is CB1OB(C)OB(c2ccc(B3OB(c4ccc(B5OB(C)OB(C)O5)cc4)OB(c4ccc(B5OB(C)OB(C)O5)cc4)O3)cc2)O1. The lowest BCUT2D eigenvalue weighted by atomic mass is 9.60. The van der Waals surface area contributed by atoms with Gasteiger partial charge in [-0.05, 0) is 73.7 Å². The smallest absolute Gasteiger partial charge is 0.453 e. The van der Waals surface area contributed by atoms with Crippen LogP contribution in [0.2, 0.25) is 40.9 Å². The molecule has 0 radical (unpaired) electrons. The van der Waals surface area contributed by atoms with Gasteiger partial charge >= 0.3 is 85.4 Å². The fourth-order valence-corrected chi connectivity index (χ4v) is 5.95. The normalized spacial score (nSPS) is 19.6. The molecule has 12 nitrogen and oxygen atoms in total. The van der Waals surface area contributed by atoms with E-state index in [9.17, 15) is 0 Å². The highest BCUT2D eigenvalue weighted by Crippen LogP contribution is 2.14. The molecule has 4 aliphatic heterocycles. The third kappa shape index (κ3) is 8.12. The summed E-state index contributed by atoms with van der Waals surface area (Å²) in [6.45, 7) is 11.1. The van der Waals surface area contributed by atoms with E-state index >= 15 is 0 Å². The number of rotatable bonds is 6. The Hall–Kier alpha value is -2.04. The highest BCUT2D eigenvalue weighted by molar-refractivity contribution is 6.87. The summed E-state index contributed by atoms with van der Waals surface area (Å²) in [5.74, 6) is 0. The number of hydrogen-bond donors (Lipinski definition) is 0. The standard InChI is InChI=1S/C24H30B12O12/c1-25-37-26(2)41-31(40-25)19-7-13-22(14-8-19)34-46-35(23-15-9-20(10-16-23)32-42-27(3)38-28(4)43-32)48-36(47-34)24-17-11-21(12-18-24)33-44-29(5)39-30(6)45-33/h7-18H,1-6H3. The minimum Gasteiger partial charge on any atom is -0.453 e. The first-order valence-corrected chi connectivity index (χ1v) is 16.3. The monoisotopic (exact) mass is 642 g/mol. The van der Waals surface area contributed by atoms with E-state index in [4.69, 9.17) is 54.9 Å². The predicted molar refractivity (Wildman–Crippen MR) is 194 cm³/mol. The molecule has 0 saturated carbocycles. The van der Waals surface area contributed by atoms with Crippen LogP contribution in [0.3, 0.4) is 0 Å². The second-order valence-electron chi connectivity index (χ2n) is 12.0. The molecule has 4 fully saturated rings. The lowest BCUT2D eigenvalue weighted by Crippen LogP contribution is -2.61. The summed E-state index contributed by atoms with van der Waals surface area (Å²) in [6.07, 6.45) is 0. The van der Waals surface area contributed by atoms with E-state index in [-0.39, 0.29) is 42.7 Å². The molecule has 4 aliphatic rings. The van der Waals surface area contributed by atoms with E-state index in [0.29, 0.717) is 0 Å². The molecular weight excluding hydrogens is 610 g/mol. The summed E-state index contributed by atoms with van der Waals surface area (Å²) in [7, 11) is -6.16. The third-order valence-electron chi connectivity index (χ3n) is 8.23. The molecule has 3 aromatic carbocycles. The molecule has 0 N–H and O–H groups in total. The average Bonchev–Trinajstić information content (AvgIpc) is 3.07. The van der Waals surface area contributed by atoms with Gasteiger partial charge < -0.3 is 54.9 Å². The average molecular weight is 640 g/mol. The Morgan fingerprint density at radius 3 is 0.542 bits per heavy atom. The summed E-state index contributed by atoms with van der Waals surface area (Å²) in [4.78, 5) is 0. The van der Waals surface area contributed by atoms with Crippen LogP contribution >= 0.6 is 0 Å². The van der Waals surface area contributed by atoms with Gasteiger partial charge in [0.1, 0.15) is 0 Å². The van der Waals surface area contributed by atoms with Crippen LogP contribution in [0, 0.1) is 0 Å². The lowest BCUT2D eigenvalue weighted by molar-refractivity contribution is 0.297. The Morgan fingerprint density at radius 2 is 0.375 bits per heavy atom. The van der Waals surface area contributed by atoms with E-state index < -0.39 is 42.7 Å². The van der Waals surface area contributed by atoms with Gasteiger partial charge in [0.05, 0.1) is 0 Å². The minimum atomic E-state index is -0.746. The van der Waals surface area contributed by atoms with Gasteiger partial charge in [-0.15, -0.1) is 0 Å². The Kier molecular flexibility index (Phi) is 10.8. The summed E-state index contributed by atoms with van der Waals surface area (Å²) in [5.41, 5.74) is 4.98. The van der Waals surface area contributed by atoms with E-state index in [1.165, 1.54) is 0 Å². The summed E-state index contributed by atoms with van der Waals surface area (Å²) in [6, 6.07) is 23.2. The zero-order chi connectivity index (χ0) is 33.4. The molecule has 7 rings (SSSR count). The zero-order valence-electron chi connectivity index (χ0n) is 27.8. The molecular formula is C24H30B12O12. The van der Waals surface area contributed by atoms with Crippen LogP contribution in [-0.4, -0.2) is 85.4 Å². The van der Waals surface area contributed by atoms with Gasteiger partial charge in [0.2, 0.25) is 0 Å². The summed E-state index contributed by atoms with van der Waals surface area (Å²) >= 11 is 0. The molecule has 0 unspecified atom stereocenters. The van der Waals surface area contributed by atoms with Crippen molar-refractivity contribution >= 4 is 118 Å². The minimum absolute atomic E-state index is 0.382. The van der Waals surface area contributed by atoms with E-state index in [0.717, 1.165) is 32.8 Å². The zero-order valence-corrected chi connectivity index (χ0v) is 27.8. The first-order valence-electron chi connectivity index (χ1n) is 16.3. The second-order valence-corrected chi connectivity index (χ2v) is 12.0. The molecule has 0 spiro atoms. The van der Waals surface area contributed by atoms with Crippen LogP contribution in [0.25, 0.3) is 0 Å². The van der Waals surface area contributed by atoms with Crippen LogP contribution in [0.1, 0.15) is 0 Å². The van der Waals surface area contributed by atoms with Crippen molar-refractivity contribution in [3.63, 3.8) is 0 Å². The highest BCUT2D eigenvalue weighted by Gasteiger charge is 2.45. The van der Waals surface area contributed by atoms with Crippen molar-refractivity contribution in [2.75, 3.05) is 0 Å². The Morgan fingerprint density at radius 1 is 0.229 bits per heavy atom. The second kappa shape index (κ2) is 15.1. The fraction of sp³-hybridized carbons (Fsp3) is 0.250. The van der Waals surface area contributed by atoms with Crippen molar-refractivity contribution in [1.29, 1.82) is 0 Å². The highest BCUT2D eigenvalue weighted by atomic mass is 16.7. The summed E-state index contributed by atoms with van der Waals surface area (Å²) in [5, 5.41) is 0. The largest absolute Gasteiger partial charge is 0.467 e. The number of benzene rings is 3. The van der Waals surface area contributed by atoms with E-state index in [1.54, 1.807) is 0 Å².